The van der Waals surface area contributed by atoms with Gasteiger partial charge in [0.05, 0.1) is 13.7 Å². The second-order valence-corrected chi connectivity index (χ2v) is 3.11. The van der Waals surface area contributed by atoms with Gasteiger partial charge in [0, 0.05) is 7.05 Å². The summed E-state index contributed by atoms with van der Waals surface area (Å²) in [5.74, 6) is 1.57. The second-order valence-electron chi connectivity index (χ2n) is 3.11. The number of methoxy groups -OCH3 is 1. The lowest BCUT2D eigenvalue weighted by atomic mass is 10.3. The van der Waals surface area contributed by atoms with Gasteiger partial charge in [0.15, 0.2) is 0 Å². The van der Waals surface area contributed by atoms with Crippen molar-refractivity contribution < 1.29 is 14.3 Å². The van der Waals surface area contributed by atoms with Crippen molar-refractivity contribution in [1.82, 2.24) is 4.90 Å². The molecule has 1 aromatic carbocycles. The van der Waals surface area contributed by atoms with Gasteiger partial charge in [-0.2, -0.15) is 0 Å². The first-order chi connectivity index (χ1) is 7.26. The summed E-state index contributed by atoms with van der Waals surface area (Å²) in [6.45, 7) is 1.07. The summed E-state index contributed by atoms with van der Waals surface area (Å²) in [6.07, 6.45) is 0.775. The van der Waals surface area contributed by atoms with E-state index in [0.29, 0.717) is 13.2 Å². The molecule has 1 rings (SSSR count). The Morgan fingerprint density at radius 2 is 1.87 bits per heavy atom. The second kappa shape index (κ2) is 5.90. The normalized spacial score (nSPS) is 9.47. The van der Waals surface area contributed by atoms with Gasteiger partial charge in [0.25, 0.3) is 0 Å². The molecule has 0 aliphatic carbocycles. The largest absolute Gasteiger partial charge is 0.497 e. The van der Waals surface area contributed by atoms with Crippen LogP contribution in [0, 0.1) is 0 Å². The van der Waals surface area contributed by atoms with Crippen molar-refractivity contribution in [2.24, 2.45) is 0 Å². The van der Waals surface area contributed by atoms with Crippen molar-refractivity contribution >= 4 is 6.41 Å². The Morgan fingerprint density at radius 1 is 1.27 bits per heavy atom. The summed E-state index contributed by atoms with van der Waals surface area (Å²) in [6, 6.07) is 7.33. The first kappa shape index (κ1) is 11.4. The highest BCUT2D eigenvalue weighted by Crippen LogP contribution is 2.16. The fraction of sp³-hybridized carbons (Fsp3) is 0.364. The smallest absolute Gasteiger partial charge is 0.209 e. The lowest BCUT2D eigenvalue weighted by Crippen LogP contribution is -2.22. The fourth-order valence-corrected chi connectivity index (χ4v) is 1.03. The third-order valence-corrected chi connectivity index (χ3v) is 1.95. The Hall–Kier alpha value is -1.71. The Morgan fingerprint density at radius 3 is 2.40 bits per heavy atom. The number of hydrogen-bond donors (Lipinski definition) is 0. The molecule has 4 heteroatoms. The average Bonchev–Trinajstić information content (AvgIpc) is 2.29. The maximum absolute atomic E-state index is 10.3. The number of amides is 1. The molecule has 0 saturated heterocycles. The van der Waals surface area contributed by atoms with Gasteiger partial charge in [0.1, 0.15) is 18.1 Å². The van der Waals surface area contributed by atoms with Gasteiger partial charge in [-0.25, -0.2) is 0 Å². The molecular formula is C11H15NO3. The van der Waals surface area contributed by atoms with E-state index in [1.807, 2.05) is 24.3 Å². The van der Waals surface area contributed by atoms with Gasteiger partial charge in [-0.3, -0.25) is 4.79 Å². The van der Waals surface area contributed by atoms with E-state index in [0.717, 1.165) is 17.9 Å². The number of nitrogens with zero attached hydrogens (tertiary/aromatic N) is 1. The van der Waals surface area contributed by atoms with Crippen LogP contribution in [0.2, 0.25) is 0 Å². The Balaban J connectivity index is 2.34. The number of carbonyl (C=O) groups is 1. The first-order valence-electron chi connectivity index (χ1n) is 4.68. The Kier molecular flexibility index (Phi) is 4.47. The van der Waals surface area contributed by atoms with E-state index in [4.69, 9.17) is 9.47 Å². The molecule has 0 atom stereocenters. The van der Waals surface area contributed by atoms with E-state index in [-0.39, 0.29) is 0 Å². The van der Waals surface area contributed by atoms with E-state index in [1.165, 1.54) is 4.90 Å². The van der Waals surface area contributed by atoms with Crippen LogP contribution in [0.1, 0.15) is 0 Å². The summed E-state index contributed by atoms with van der Waals surface area (Å²) >= 11 is 0. The zero-order chi connectivity index (χ0) is 11.1. The third kappa shape index (κ3) is 3.89. The Bertz CT molecular complexity index is 297. The minimum atomic E-state index is 0.488. The van der Waals surface area contributed by atoms with Crippen LogP contribution < -0.4 is 9.47 Å². The molecule has 15 heavy (non-hydrogen) atoms. The molecule has 0 bridgehead atoms. The van der Waals surface area contributed by atoms with Crippen molar-refractivity contribution in [3.63, 3.8) is 0 Å². The first-order valence-corrected chi connectivity index (χ1v) is 4.68. The van der Waals surface area contributed by atoms with Gasteiger partial charge in [-0.05, 0) is 24.3 Å². The van der Waals surface area contributed by atoms with Crippen LogP contribution in [0.15, 0.2) is 24.3 Å². The van der Waals surface area contributed by atoms with E-state index in [9.17, 15) is 4.79 Å². The molecule has 0 spiro atoms. The van der Waals surface area contributed by atoms with Crippen LogP contribution in [0.25, 0.3) is 0 Å². The van der Waals surface area contributed by atoms with Crippen molar-refractivity contribution in [2.45, 2.75) is 0 Å². The summed E-state index contributed by atoms with van der Waals surface area (Å²) in [4.78, 5) is 11.8. The summed E-state index contributed by atoms with van der Waals surface area (Å²) in [5.41, 5.74) is 0. The van der Waals surface area contributed by atoms with Gasteiger partial charge < -0.3 is 14.4 Å². The molecule has 1 aromatic rings. The van der Waals surface area contributed by atoms with Crippen molar-refractivity contribution in [1.29, 1.82) is 0 Å². The SMILES string of the molecule is COc1ccc(OCCN(C)C=O)cc1. The lowest BCUT2D eigenvalue weighted by molar-refractivity contribution is -0.117. The third-order valence-electron chi connectivity index (χ3n) is 1.95. The molecule has 0 fully saturated rings. The van der Waals surface area contributed by atoms with Crippen LogP contribution in [-0.2, 0) is 4.79 Å². The predicted molar refractivity (Wildman–Crippen MR) is 57.2 cm³/mol. The van der Waals surface area contributed by atoms with Crippen LogP contribution in [0.4, 0.5) is 0 Å². The molecule has 0 radical (unpaired) electrons. The Labute approximate surface area is 89.4 Å². The molecule has 0 aromatic heterocycles. The molecule has 0 N–H and O–H groups in total. The monoisotopic (exact) mass is 209 g/mol. The predicted octanol–water partition coefficient (Wildman–Crippen LogP) is 1.16. The van der Waals surface area contributed by atoms with Crippen LogP contribution >= 0.6 is 0 Å². The molecule has 0 heterocycles. The number of ether oxygens (including phenoxy) is 2. The molecule has 0 unspecified atom stereocenters. The standard InChI is InChI=1S/C11H15NO3/c1-12(9-13)7-8-15-11-5-3-10(14-2)4-6-11/h3-6,9H,7-8H2,1-2H3. The fourth-order valence-electron chi connectivity index (χ4n) is 1.03. The summed E-state index contributed by atoms with van der Waals surface area (Å²) in [7, 11) is 3.33. The van der Waals surface area contributed by atoms with Gasteiger partial charge in [0.2, 0.25) is 6.41 Å². The highest BCUT2D eigenvalue weighted by atomic mass is 16.5. The van der Waals surface area contributed by atoms with Gasteiger partial charge in [-0.15, -0.1) is 0 Å². The molecular weight excluding hydrogens is 194 g/mol. The summed E-state index contributed by atoms with van der Waals surface area (Å²) < 4.78 is 10.4. The highest BCUT2D eigenvalue weighted by molar-refractivity contribution is 5.46. The van der Waals surface area contributed by atoms with E-state index in [2.05, 4.69) is 0 Å². The topological polar surface area (TPSA) is 38.8 Å². The van der Waals surface area contributed by atoms with Gasteiger partial charge in [-0.1, -0.05) is 0 Å². The number of rotatable bonds is 6. The van der Waals surface area contributed by atoms with Crippen molar-refractivity contribution in [3.8, 4) is 11.5 Å². The molecule has 82 valence electrons. The zero-order valence-electron chi connectivity index (χ0n) is 8.97. The van der Waals surface area contributed by atoms with Gasteiger partial charge >= 0.3 is 0 Å². The maximum atomic E-state index is 10.3. The average molecular weight is 209 g/mol. The molecule has 4 nitrogen and oxygen atoms in total. The number of benzene rings is 1. The highest BCUT2D eigenvalue weighted by Gasteiger charge is 1.96. The van der Waals surface area contributed by atoms with E-state index >= 15 is 0 Å². The van der Waals surface area contributed by atoms with E-state index in [1.54, 1.807) is 14.2 Å². The minimum absolute atomic E-state index is 0.488. The number of carbonyl (C=O) groups excluding carboxylic acids is 1. The molecule has 0 aliphatic rings. The number of likely N-dealkylation sites (N-methyl/N-ethyl adjacent to an activating group) is 1. The van der Waals surface area contributed by atoms with Crippen LogP contribution in [0.5, 0.6) is 11.5 Å². The van der Waals surface area contributed by atoms with Crippen molar-refractivity contribution in [2.75, 3.05) is 27.3 Å². The molecule has 0 aliphatic heterocycles. The quantitative estimate of drug-likeness (QED) is 0.660. The molecule has 1 amide bonds. The minimum Gasteiger partial charge on any atom is -0.497 e. The summed E-state index contributed by atoms with van der Waals surface area (Å²) in [5, 5.41) is 0. The van der Waals surface area contributed by atoms with Crippen molar-refractivity contribution in [3.05, 3.63) is 24.3 Å². The van der Waals surface area contributed by atoms with Crippen LogP contribution in [-0.4, -0.2) is 38.6 Å². The molecule has 0 saturated carbocycles. The zero-order valence-corrected chi connectivity index (χ0v) is 8.97. The maximum Gasteiger partial charge on any atom is 0.209 e. The lowest BCUT2D eigenvalue weighted by Gasteiger charge is -2.11. The van der Waals surface area contributed by atoms with E-state index < -0.39 is 0 Å². The number of hydrogen-bond acceptors (Lipinski definition) is 3. The van der Waals surface area contributed by atoms with Crippen LogP contribution in [0.3, 0.4) is 0 Å².